The Morgan fingerprint density at radius 1 is 1.06 bits per heavy atom. The van der Waals surface area contributed by atoms with E-state index in [1.54, 1.807) is 18.0 Å². The van der Waals surface area contributed by atoms with E-state index in [9.17, 15) is 40.8 Å². The number of fused-ring (bicyclic) bond motifs is 3. The molecule has 1 aromatic heterocycles. The number of hydrogen-bond donors (Lipinski definition) is 3. The fourth-order valence-electron chi connectivity index (χ4n) is 7.00. The SMILES string of the molecule is C/C=C\CC[C@@H](C)C[C@@H](CC)CC(=O)N1CC(Oc2nccc3c4c(ccc23)OCCO4)C[C@H]1C(N)=O.CC.CC(C)(OC(N)=O)C(F)(F)F.CCC(=O)NS(=O)(=O)C1(CC)CC1.[HH].[HH].[HH]. The van der Waals surface area contributed by atoms with E-state index in [2.05, 4.69) is 46.2 Å². The number of rotatable bonds is 16. The van der Waals surface area contributed by atoms with Gasteiger partial charge in [-0.15, -0.1) is 0 Å². The van der Waals surface area contributed by atoms with Gasteiger partial charge >= 0.3 is 12.3 Å². The van der Waals surface area contributed by atoms with Crippen molar-refractivity contribution in [2.75, 3.05) is 19.8 Å². The van der Waals surface area contributed by atoms with Crippen LogP contribution < -0.4 is 30.4 Å². The van der Waals surface area contributed by atoms with E-state index < -0.39 is 50.5 Å². The summed E-state index contributed by atoms with van der Waals surface area (Å²) in [5.41, 5.74) is 7.62. The van der Waals surface area contributed by atoms with Gasteiger partial charge in [0.25, 0.3) is 0 Å². The van der Waals surface area contributed by atoms with Gasteiger partial charge in [0.15, 0.2) is 11.5 Å². The fraction of sp³-hybridized carbons (Fsp3) is 0.659. The summed E-state index contributed by atoms with van der Waals surface area (Å²) in [4.78, 5) is 52.6. The maximum absolute atomic E-state index is 13.3. The molecule has 0 spiro atoms. The summed E-state index contributed by atoms with van der Waals surface area (Å²) in [6.07, 6.45) is 6.50. The predicted octanol–water partition coefficient (Wildman–Crippen LogP) is 8.61. The molecule has 0 bridgehead atoms. The number of ether oxygens (including phenoxy) is 4. The highest BCUT2D eigenvalue weighted by molar-refractivity contribution is 7.91. The Morgan fingerprint density at radius 3 is 2.24 bits per heavy atom. The van der Waals surface area contributed by atoms with Gasteiger partial charge in [0, 0.05) is 40.5 Å². The monoisotopic (exact) mass is 922 g/mol. The normalized spacial score (nSPS) is 18.6. The van der Waals surface area contributed by atoms with Crippen LogP contribution in [0.25, 0.3) is 10.8 Å². The molecule has 1 saturated carbocycles. The average Bonchev–Trinajstić information content (AvgIpc) is 3.94. The molecule has 5 rings (SSSR count). The van der Waals surface area contributed by atoms with Gasteiger partial charge in [-0.3, -0.25) is 19.1 Å². The lowest BCUT2D eigenvalue weighted by Crippen LogP contribution is -2.44. The summed E-state index contributed by atoms with van der Waals surface area (Å²) in [6, 6.07) is 4.95. The highest BCUT2D eigenvalue weighted by Crippen LogP contribution is 2.46. The van der Waals surface area contributed by atoms with Crippen LogP contribution in [0.5, 0.6) is 17.4 Å². The molecule has 3 aliphatic rings. The Morgan fingerprint density at radius 2 is 1.71 bits per heavy atom. The first kappa shape index (κ1) is 54.3. The third kappa shape index (κ3) is 15.4. The molecule has 1 unspecified atom stereocenters. The minimum absolute atomic E-state index is 0. The number of sulfonamides is 1. The first-order valence-electron chi connectivity index (χ1n) is 21.7. The molecule has 2 aromatic rings. The van der Waals surface area contributed by atoms with Crippen molar-refractivity contribution in [3.63, 3.8) is 0 Å². The molecule has 1 saturated heterocycles. The highest BCUT2D eigenvalue weighted by Gasteiger charge is 2.53. The summed E-state index contributed by atoms with van der Waals surface area (Å²) >= 11 is 0. The first-order valence-corrected chi connectivity index (χ1v) is 23.2. The van der Waals surface area contributed by atoms with E-state index in [4.69, 9.17) is 19.9 Å². The Kier molecular flexibility index (Phi) is 21.0. The number of allylic oxidation sites excluding steroid dienone is 2. The zero-order valence-electron chi connectivity index (χ0n) is 38.1. The largest absolute Gasteiger partial charge is 0.486 e. The minimum Gasteiger partial charge on any atom is -0.486 e. The van der Waals surface area contributed by atoms with Crippen LogP contribution in [-0.4, -0.2) is 90.5 Å². The summed E-state index contributed by atoms with van der Waals surface area (Å²) in [6.45, 7) is 16.6. The lowest BCUT2D eigenvalue weighted by Gasteiger charge is -2.26. The number of likely N-dealkylation sites (tertiary alicyclic amines) is 1. The number of hydrogen-bond acceptors (Lipinski definition) is 11. The number of carbonyl (C=O) groups excluding carboxylic acids is 4. The number of nitrogens with one attached hydrogen (secondary N) is 1. The minimum atomic E-state index is -4.60. The van der Waals surface area contributed by atoms with Gasteiger partial charge in [-0.05, 0) is 89.3 Å². The second kappa shape index (κ2) is 24.3. The summed E-state index contributed by atoms with van der Waals surface area (Å²) in [5, 5.41) is 1.65. The van der Waals surface area contributed by atoms with Crippen LogP contribution in [0, 0.1) is 11.8 Å². The second-order valence-corrected chi connectivity index (χ2v) is 18.1. The Bertz CT molecular complexity index is 1990. The van der Waals surface area contributed by atoms with Crippen LogP contribution >= 0.6 is 0 Å². The summed E-state index contributed by atoms with van der Waals surface area (Å²) in [7, 11) is -3.41. The number of pyridine rings is 1. The molecule has 0 radical (unpaired) electrons. The van der Waals surface area contributed by atoms with Crippen molar-refractivity contribution in [3.8, 4) is 17.4 Å². The molecule has 4 atom stereocenters. The molecule has 63 heavy (non-hydrogen) atoms. The molecule has 15 nitrogen and oxygen atoms in total. The van der Waals surface area contributed by atoms with E-state index in [0.29, 0.717) is 75.2 Å². The van der Waals surface area contributed by atoms with Crippen molar-refractivity contribution >= 4 is 44.6 Å². The van der Waals surface area contributed by atoms with Crippen molar-refractivity contribution in [2.45, 2.75) is 155 Å². The number of carbonyl (C=O) groups is 4. The first-order chi connectivity index (χ1) is 29.5. The van der Waals surface area contributed by atoms with Gasteiger partial charge in [0.2, 0.25) is 39.2 Å². The molecule has 2 aliphatic heterocycles. The van der Waals surface area contributed by atoms with E-state index >= 15 is 0 Å². The van der Waals surface area contributed by atoms with E-state index in [1.807, 2.05) is 45.9 Å². The Balaban J connectivity index is 0. The second-order valence-electron chi connectivity index (χ2n) is 16.1. The lowest BCUT2D eigenvalue weighted by atomic mass is 9.88. The van der Waals surface area contributed by atoms with Crippen LogP contribution in [0.15, 0.2) is 36.5 Å². The number of nitrogens with zero attached hydrogens (tertiary/aromatic N) is 2. The van der Waals surface area contributed by atoms with Crippen LogP contribution in [0.2, 0.25) is 0 Å². The zero-order chi connectivity index (χ0) is 47.8. The van der Waals surface area contributed by atoms with Crippen LogP contribution in [0.1, 0.15) is 131 Å². The van der Waals surface area contributed by atoms with Crippen molar-refractivity contribution < 1.29 is 64.0 Å². The lowest BCUT2D eigenvalue weighted by molar-refractivity contribution is -0.243. The molecule has 1 aromatic carbocycles. The Hall–Kier alpha value is -4.81. The van der Waals surface area contributed by atoms with Crippen molar-refractivity contribution in [1.82, 2.24) is 14.6 Å². The molecule has 4 amide bonds. The van der Waals surface area contributed by atoms with E-state index in [1.165, 1.54) is 0 Å². The number of primary amides is 2. The molecular weight excluding hydrogens is 848 g/mol. The van der Waals surface area contributed by atoms with Crippen LogP contribution in [0.4, 0.5) is 18.0 Å². The molecule has 3 heterocycles. The van der Waals surface area contributed by atoms with Gasteiger partial charge in [0.05, 0.1) is 11.3 Å². The van der Waals surface area contributed by atoms with E-state index in [-0.39, 0.29) is 28.6 Å². The maximum Gasteiger partial charge on any atom is 0.427 e. The number of alkyl halides is 3. The average molecular weight is 922 g/mol. The molecular formula is C44H74F3N5O10S. The van der Waals surface area contributed by atoms with Gasteiger partial charge in [0.1, 0.15) is 25.4 Å². The van der Waals surface area contributed by atoms with E-state index in [0.717, 1.165) is 50.3 Å². The number of aromatic nitrogens is 1. The number of benzene rings is 1. The van der Waals surface area contributed by atoms with Gasteiger partial charge < -0.3 is 35.3 Å². The van der Waals surface area contributed by atoms with Crippen molar-refractivity contribution in [3.05, 3.63) is 36.5 Å². The number of halogens is 3. The topological polar surface area (TPSA) is 220 Å². The third-order valence-electron chi connectivity index (χ3n) is 11.1. The quantitative estimate of drug-likeness (QED) is 0.135. The molecule has 362 valence electrons. The molecule has 2 fully saturated rings. The summed E-state index contributed by atoms with van der Waals surface area (Å²) in [5.74, 6) is 1.68. The van der Waals surface area contributed by atoms with Gasteiger partial charge in [-0.1, -0.05) is 60.1 Å². The molecule has 5 N–H and O–H groups in total. The van der Waals surface area contributed by atoms with Crippen LogP contribution in [0.3, 0.4) is 0 Å². The van der Waals surface area contributed by atoms with Gasteiger partial charge in [-0.25, -0.2) is 18.2 Å². The van der Waals surface area contributed by atoms with Crippen molar-refractivity contribution in [1.29, 1.82) is 0 Å². The standard InChI is InChI=1S/C29H39N3O5.C8H15NO3S.C5H8F3NO2.C2H6.3H2/c1-4-6-7-8-19(3)15-20(5-2)16-26(33)32-18-21(17-24(32)28(30)34)37-29-23-9-10-25-27(36-14-13-35-25)22(23)11-12-31-29;1-3-7(10)9-13(11,12)8(4-2)5-6-8;1-4(2,5(6,7)8)11-3(9)10;1-2;;;/h4,6,9-12,19-21,24H,5,7-8,13-18H2,1-3H3,(H2,30,34);3-6H2,1-2H3,(H,9,10);1-2H3,(H2,9,10);1-2H3;3*1H/b6-4-;;;;;;/t19-,20-,21?,24+;;;;;;/m1....../s1. The molecule has 1 aliphatic carbocycles. The van der Waals surface area contributed by atoms with Crippen LogP contribution in [-0.2, 0) is 29.1 Å². The fourth-order valence-corrected chi connectivity index (χ4v) is 8.68. The Labute approximate surface area is 374 Å². The highest BCUT2D eigenvalue weighted by atomic mass is 32.2. The summed E-state index contributed by atoms with van der Waals surface area (Å²) < 4.78 is 81.8. The third-order valence-corrected chi connectivity index (χ3v) is 13.4. The molecule has 19 heteroatoms. The maximum atomic E-state index is 13.3. The predicted molar refractivity (Wildman–Crippen MR) is 241 cm³/mol. The van der Waals surface area contributed by atoms with Crippen molar-refractivity contribution in [2.24, 2.45) is 23.3 Å². The smallest absolute Gasteiger partial charge is 0.427 e. The zero-order valence-corrected chi connectivity index (χ0v) is 39.0. The van der Waals surface area contributed by atoms with Gasteiger partial charge in [-0.2, -0.15) is 13.2 Å². The number of nitrogens with two attached hydrogens (primary N) is 2. The number of amides is 4.